The van der Waals surface area contributed by atoms with Crippen molar-refractivity contribution in [3.63, 3.8) is 0 Å². The van der Waals surface area contributed by atoms with Gasteiger partial charge in [-0.05, 0) is 25.8 Å². The van der Waals surface area contributed by atoms with Crippen molar-refractivity contribution in [2.45, 2.75) is 26.3 Å². The van der Waals surface area contributed by atoms with Crippen LogP contribution in [-0.2, 0) is 0 Å². The largest absolute Gasteiger partial charge is 0.351 e. The summed E-state index contributed by atoms with van der Waals surface area (Å²) in [5, 5.41) is 3.18. The van der Waals surface area contributed by atoms with Crippen LogP contribution in [0, 0.1) is 6.92 Å². The lowest BCUT2D eigenvalue weighted by Gasteiger charge is -2.10. The first-order chi connectivity index (χ1) is 6.22. The molecule has 0 radical (unpaired) electrons. The second-order valence-corrected chi connectivity index (χ2v) is 3.15. The zero-order valence-electron chi connectivity index (χ0n) is 8.12. The van der Waals surface area contributed by atoms with Crippen LogP contribution in [0.4, 0.5) is 5.95 Å². The normalized spacial score (nSPS) is 12.2. The van der Waals surface area contributed by atoms with Gasteiger partial charge in [-0.3, -0.25) is 0 Å². The fourth-order valence-corrected chi connectivity index (χ4v) is 0.996. The van der Waals surface area contributed by atoms with Gasteiger partial charge in [0.1, 0.15) is 0 Å². The molecule has 0 saturated carbocycles. The zero-order chi connectivity index (χ0) is 9.68. The molecule has 0 spiro atoms. The minimum absolute atomic E-state index is 0.334. The third-order valence-electron chi connectivity index (χ3n) is 1.68. The summed E-state index contributed by atoms with van der Waals surface area (Å²) in [5.74, 6) is 0.681. The molecular weight excluding hydrogens is 162 g/mol. The Morgan fingerprint density at radius 3 is 2.69 bits per heavy atom. The summed E-state index contributed by atoms with van der Waals surface area (Å²) in [6.07, 6.45) is 6.40. The second kappa shape index (κ2) is 4.60. The maximum absolute atomic E-state index is 4.14. The molecular formula is C10H15N3. The number of aryl methyl sites for hydroxylation is 1. The third-order valence-corrected chi connectivity index (χ3v) is 1.68. The first kappa shape index (κ1) is 9.71. The van der Waals surface area contributed by atoms with E-state index in [1.165, 1.54) is 0 Å². The predicted molar refractivity (Wildman–Crippen MR) is 54.7 cm³/mol. The van der Waals surface area contributed by atoms with Crippen molar-refractivity contribution in [1.82, 2.24) is 9.97 Å². The highest BCUT2D eigenvalue weighted by atomic mass is 15.1. The van der Waals surface area contributed by atoms with Crippen LogP contribution in [0.15, 0.2) is 25.0 Å². The molecule has 1 N–H and O–H groups in total. The van der Waals surface area contributed by atoms with Gasteiger partial charge in [-0.1, -0.05) is 6.08 Å². The number of nitrogens with zero attached hydrogens (tertiary/aromatic N) is 2. The molecule has 0 fully saturated rings. The molecule has 0 aliphatic heterocycles. The van der Waals surface area contributed by atoms with Gasteiger partial charge >= 0.3 is 0 Å². The number of nitrogens with one attached hydrogen (secondary N) is 1. The Bertz CT molecular complexity index is 266. The van der Waals surface area contributed by atoms with Crippen LogP contribution in [0.5, 0.6) is 0 Å². The van der Waals surface area contributed by atoms with E-state index in [0.29, 0.717) is 12.0 Å². The molecule has 0 bridgehead atoms. The quantitative estimate of drug-likeness (QED) is 0.716. The highest BCUT2D eigenvalue weighted by Crippen LogP contribution is 2.02. The van der Waals surface area contributed by atoms with E-state index < -0.39 is 0 Å². The Morgan fingerprint density at radius 1 is 1.54 bits per heavy atom. The van der Waals surface area contributed by atoms with Crippen LogP contribution < -0.4 is 5.32 Å². The van der Waals surface area contributed by atoms with E-state index in [0.717, 1.165) is 12.0 Å². The van der Waals surface area contributed by atoms with E-state index in [2.05, 4.69) is 28.8 Å². The van der Waals surface area contributed by atoms with Gasteiger partial charge in [-0.15, -0.1) is 6.58 Å². The molecule has 13 heavy (non-hydrogen) atoms. The van der Waals surface area contributed by atoms with Gasteiger partial charge in [0.25, 0.3) is 0 Å². The highest BCUT2D eigenvalue weighted by Gasteiger charge is 2.00. The number of hydrogen-bond donors (Lipinski definition) is 1. The summed E-state index contributed by atoms with van der Waals surface area (Å²) in [5.41, 5.74) is 1.07. The second-order valence-electron chi connectivity index (χ2n) is 3.15. The van der Waals surface area contributed by atoms with Gasteiger partial charge in [-0.2, -0.15) is 0 Å². The van der Waals surface area contributed by atoms with Crippen molar-refractivity contribution >= 4 is 5.95 Å². The fraction of sp³-hybridized carbons (Fsp3) is 0.400. The average Bonchev–Trinajstić information content (AvgIpc) is 2.09. The van der Waals surface area contributed by atoms with Gasteiger partial charge < -0.3 is 5.32 Å². The van der Waals surface area contributed by atoms with Crippen LogP contribution in [0.3, 0.4) is 0 Å². The molecule has 0 aromatic carbocycles. The molecule has 1 unspecified atom stereocenters. The number of rotatable bonds is 4. The first-order valence-electron chi connectivity index (χ1n) is 4.38. The lowest BCUT2D eigenvalue weighted by molar-refractivity contribution is 0.798. The summed E-state index contributed by atoms with van der Waals surface area (Å²) in [6, 6.07) is 0.334. The van der Waals surface area contributed by atoms with Crippen molar-refractivity contribution in [2.75, 3.05) is 5.32 Å². The van der Waals surface area contributed by atoms with Gasteiger partial charge in [0.2, 0.25) is 5.95 Å². The number of hydrogen-bond acceptors (Lipinski definition) is 3. The van der Waals surface area contributed by atoms with Gasteiger partial charge in [0, 0.05) is 18.4 Å². The first-order valence-corrected chi connectivity index (χ1v) is 4.38. The van der Waals surface area contributed by atoms with E-state index >= 15 is 0 Å². The Labute approximate surface area is 78.9 Å². The van der Waals surface area contributed by atoms with E-state index in [1.54, 1.807) is 12.4 Å². The average molecular weight is 177 g/mol. The zero-order valence-corrected chi connectivity index (χ0v) is 8.12. The molecule has 0 aliphatic carbocycles. The Balaban J connectivity index is 2.53. The minimum atomic E-state index is 0.334. The smallest absolute Gasteiger partial charge is 0.222 e. The van der Waals surface area contributed by atoms with Crippen molar-refractivity contribution in [2.24, 2.45) is 0 Å². The monoisotopic (exact) mass is 177 g/mol. The van der Waals surface area contributed by atoms with Crippen molar-refractivity contribution < 1.29 is 0 Å². The van der Waals surface area contributed by atoms with Gasteiger partial charge in [0.15, 0.2) is 0 Å². The van der Waals surface area contributed by atoms with E-state index in [-0.39, 0.29) is 0 Å². The van der Waals surface area contributed by atoms with Crippen molar-refractivity contribution in [1.29, 1.82) is 0 Å². The van der Waals surface area contributed by atoms with Crippen LogP contribution >= 0.6 is 0 Å². The molecule has 0 aliphatic rings. The lowest BCUT2D eigenvalue weighted by Crippen LogP contribution is -2.15. The van der Waals surface area contributed by atoms with Crippen LogP contribution in [0.1, 0.15) is 18.9 Å². The molecule has 1 aromatic rings. The number of aromatic nitrogens is 2. The SMILES string of the molecule is C=CCC(C)Nc1ncc(C)cn1. The van der Waals surface area contributed by atoms with Crippen molar-refractivity contribution in [3.05, 3.63) is 30.6 Å². The Morgan fingerprint density at radius 2 is 2.15 bits per heavy atom. The molecule has 70 valence electrons. The molecule has 1 rings (SSSR count). The summed E-state index contributed by atoms with van der Waals surface area (Å²) in [6.45, 7) is 7.72. The Hall–Kier alpha value is -1.38. The van der Waals surface area contributed by atoms with E-state index in [4.69, 9.17) is 0 Å². The molecule has 1 heterocycles. The molecule has 3 nitrogen and oxygen atoms in total. The van der Waals surface area contributed by atoms with Crippen LogP contribution in [0.25, 0.3) is 0 Å². The van der Waals surface area contributed by atoms with Gasteiger partial charge in [0.05, 0.1) is 0 Å². The summed E-state index contributed by atoms with van der Waals surface area (Å²) in [7, 11) is 0. The summed E-state index contributed by atoms with van der Waals surface area (Å²) in [4.78, 5) is 8.29. The minimum Gasteiger partial charge on any atom is -0.351 e. The van der Waals surface area contributed by atoms with Crippen molar-refractivity contribution in [3.8, 4) is 0 Å². The van der Waals surface area contributed by atoms with E-state index in [9.17, 15) is 0 Å². The topological polar surface area (TPSA) is 37.8 Å². The highest BCUT2D eigenvalue weighted by molar-refractivity contribution is 5.25. The molecule has 1 atom stereocenters. The third kappa shape index (κ3) is 3.23. The van der Waals surface area contributed by atoms with Crippen LogP contribution in [-0.4, -0.2) is 16.0 Å². The Kier molecular flexibility index (Phi) is 3.43. The summed E-state index contributed by atoms with van der Waals surface area (Å²) >= 11 is 0. The summed E-state index contributed by atoms with van der Waals surface area (Å²) < 4.78 is 0. The standard InChI is InChI=1S/C10H15N3/c1-4-5-9(3)13-10-11-6-8(2)7-12-10/h4,6-7,9H,1,5H2,2-3H3,(H,11,12,13). The maximum atomic E-state index is 4.14. The maximum Gasteiger partial charge on any atom is 0.222 e. The van der Waals surface area contributed by atoms with E-state index in [1.807, 2.05) is 13.0 Å². The molecule has 0 saturated heterocycles. The lowest BCUT2D eigenvalue weighted by atomic mass is 10.2. The number of anilines is 1. The molecule has 0 amide bonds. The van der Waals surface area contributed by atoms with Crippen LogP contribution in [0.2, 0.25) is 0 Å². The molecule has 3 heteroatoms. The molecule has 1 aromatic heterocycles. The van der Waals surface area contributed by atoms with Gasteiger partial charge in [-0.25, -0.2) is 9.97 Å². The fourth-order valence-electron chi connectivity index (χ4n) is 0.996. The predicted octanol–water partition coefficient (Wildman–Crippen LogP) is 2.16.